The van der Waals surface area contributed by atoms with E-state index in [1.165, 1.54) is 0 Å². The molecule has 3 heterocycles. The molecule has 1 N–H and O–H groups in total. The van der Waals surface area contributed by atoms with Gasteiger partial charge in [-0.3, -0.25) is 9.69 Å². The molecule has 4 aromatic rings. The molecule has 0 unspecified atom stereocenters. The maximum Gasteiger partial charge on any atom is 0.252 e. The van der Waals surface area contributed by atoms with Crippen LogP contribution in [0.25, 0.3) is 10.9 Å². The number of fused-ring (bicyclic) bond motifs is 1. The minimum absolute atomic E-state index is 0.104. The maximum absolute atomic E-state index is 13.3. The monoisotopic (exact) mass is 576 g/mol. The summed E-state index contributed by atoms with van der Waals surface area (Å²) in [6.45, 7) is 7.12. The first kappa shape index (κ1) is 29.5. The molecule has 224 valence electrons. The smallest absolute Gasteiger partial charge is 0.252 e. The lowest BCUT2D eigenvalue weighted by Crippen LogP contribution is -2.34. The Hall–Kier alpha value is -3.96. The van der Waals surface area contributed by atoms with Crippen molar-refractivity contribution in [1.82, 2.24) is 30.1 Å². The van der Waals surface area contributed by atoms with Gasteiger partial charge in [0.05, 0.1) is 39.5 Å². The summed E-state index contributed by atoms with van der Waals surface area (Å²) in [5, 5.41) is 13.7. The van der Waals surface area contributed by atoms with E-state index in [2.05, 4.69) is 32.3 Å². The maximum atomic E-state index is 13.3. The van der Waals surface area contributed by atoms with Gasteiger partial charge in [-0.25, -0.2) is 4.68 Å². The summed E-state index contributed by atoms with van der Waals surface area (Å²) in [5.41, 5.74) is 2.42. The van der Waals surface area contributed by atoms with E-state index >= 15 is 0 Å². The Kier molecular flexibility index (Phi) is 9.70. The number of H-pyrrole nitrogens is 1. The zero-order valence-corrected chi connectivity index (χ0v) is 24.8. The molecule has 11 heteroatoms. The van der Waals surface area contributed by atoms with Gasteiger partial charge in [0.25, 0.3) is 5.56 Å². The second-order valence-electron chi connectivity index (χ2n) is 10.5. The van der Waals surface area contributed by atoms with E-state index in [1.807, 2.05) is 54.1 Å². The summed E-state index contributed by atoms with van der Waals surface area (Å²) in [6, 6.07) is 13.5. The average molecular weight is 577 g/mol. The third-order valence-electron chi connectivity index (χ3n) is 7.80. The summed E-state index contributed by atoms with van der Waals surface area (Å²) in [4.78, 5) is 18.6. The number of tetrazole rings is 1. The first-order valence-electron chi connectivity index (χ1n) is 14.6. The third-order valence-corrected chi connectivity index (χ3v) is 7.80. The van der Waals surface area contributed by atoms with Crippen LogP contribution in [-0.4, -0.2) is 70.2 Å². The Labute approximate surface area is 245 Å². The molecule has 1 aliphatic rings. The fourth-order valence-corrected chi connectivity index (χ4v) is 5.64. The first-order valence-corrected chi connectivity index (χ1v) is 14.6. The Bertz CT molecular complexity index is 1530. The average Bonchev–Trinajstić information content (AvgIpc) is 3.69. The number of methoxy groups -OCH3 is 2. The molecule has 1 saturated heterocycles. The Balaban J connectivity index is 1.47. The minimum atomic E-state index is -0.119. The molecule has 2 aromatic carbocycles. The lowest BCUT2D eigenvalue weighted by molar-refractivity contribution is 0.0893. The van der Waals surface area contributed by atoms with Crippen molar-refractivity contribution in [2.75, 3.05) is 34.0 Å². The third kappa shape index (κ3) is 6.74. The van der Waals surface area contributed by atoms with Gasteiger partial charge in [-0.1, -0.05) is 13.0 Å². The number of aromatic amines is 1. The molecular weight excluding hydrogens is 536 g/mol. The van der Waals surface area contributed by atoms with E-state index in [1.54, 1.807) is 14.2 Å². The highest BCUT2D eigenvalue weighted by Gasteiger charge is 2.28. The molecular formula is C31H40N6O5. The molecule has 5 rings (SSSR count). The number of aromatic nitrogens is 5. The lowest BCUT2D eigenvalue weighted by Gasteiger charge is -2.30. The fraction of sp³-hybridized carbons (Fsp3) is 0.484. The number of nitrogens with one attached hydrogen (secondary N) is 1. The number of hydrogen-bond acceptors (Lipinski definition) is 9. The van der Waals surface area contributed by atoms with Gasteiger partial charge in [-0.2, -0.15) is 0 Å². The van der Waals surface area contributed by atoms with Crippen LogP contribution >= 0.6 is 0 Å². The molecule has 42 heavy (non-hydrogen) atoms. The molecule has 1 fully saturated rings. The molecule has 0 bridgehead atoms. The number of ether oxygens (including phenoxy) is 4. The molecule has 0 saturated carbocycles. The van der Waals surface area contributed by atoms with Gasteiger partial charge in [0.1, 0.15) is 5.75 Å². The van der Waals surface area contributed by atoms with Crippen molar-refractivity contribution >= 4 is 10.9 Å². The SMILES string of the molecule is CCOc1ccc2[nH]c(=O)c(CN(CCc3ccc(OC)c(OC)c3)[C@@H](CC)c3nnnn3C[C@H]3CCCO3)cc2c1. The van der Waals surface area contributed by atoms with E-state index < -0.39 is 0 Å². The highest BCUT2D eigenvalue weighted by Crippen LogP contribution is 2.30. The molecule has 0 spiro atoms. The van der Waals surface area contributed by atoms with Crippen LogP contribution in [0.2, 0.25) is 0 Å². The summed E-state index contributed by atoms with van der Waals surface area (Å²) >= 11 is 0. The molecule has 0 radical (unpaired) electrons. The number of rotatable bonds is 14. The second kappa shape index (κ2) is 13.8. The Morgan fingerprint density at radius 1 is 1.12 bits per heavy atom. The highest BCUT2D eigenvalue weighted by molar-refractivity contribution is 5.80. The van der Waals surface area contributed by atoms with Crippen LogP contribution < -0.4 is 19.8 Å². The van der Waals surface area contributed by atoms with E-state index in [4.69, 9.17) is 18.9 Å². The molecule has 11 nitrogen and oxygen atoms in total. The molecule has 0 aliphatic carbocycles. The van der Waals surface area contributed by atoms with Gasteiger partial charge >= 0.3 is 0 Å². The molecule has 2 aromatic heterocycles. The van der Waals surface area contributed by atoms with E-state index in [0.29, 0.717) is 43.3 Å². The van der Waals surface area contributed by atoms with Crippen LogP contribution in [0, 0.1) is 0 Å². The number of pyridine rings is 1. The van der Waals surface area contributed by atoms with Crippen LogP contribution in [0.4, 0.5) is 0 Å². The zero-order chi connectivity index (χ0) is 29.5. The van der Waals surface area contributed by atoms with Gasteiger partial charge in [-0.05, 0) is 85.0 Å². The molecule has 0 amide bonds. The summed E-state index contributed by atoms with van der Waals surface area (Å²) in [6.07, 6.45) is 3.64. The summed E-state index contributed by atoms with van der Waals surface area (Å²) < 4.78 is 24.4. The van der Waals surface area contributed by atoms with Crippen molar-refractivity contribution in [2.24, 2.45) is 0 Å². The summed E-state index contributed by atoms with van der Waals surface area (Å²) in [5.74, 6) is 2.92. The minimum Gasteiger partial charge on any atom is -0.494 e. The predicted molar refractivity (Wildman–Crippen MR) is 159 cm³/mol. The van der Waals surface area contributed by atoms with Crippen LogP contribution in [0.1, 0.15) is 56.1 Å². The quantitative estimate of drug-likeness (QED) is 0.234. The number of hydrogen-bond donors (Lipinski definition) is 1. The Morgan fingerprint density at radius 2 is 1.98 bits per heavy atom. The van der Waals surface area contributed by atoms with Gasteiger partial charge < -0.3 is 23.9 Å². The second-order valence-corrected chi connectivity index (χ2v) is 10.5. The van der Waals surface area contributed by atoms with Crippen molar-refractivity contribution in [3.05, 3.63) is 69.8 Å². The van der Waals surface area contributed by atoms with Crippen LogP contribution in [0.5, 0.6) is 17.2 Å². The van der Waals surface area contributed by atoms with E-state index in [-0.39, 0.29) is 17.7 Å². The Morgan fingerprint density at radius 3 is 2.71 bits per heavy atom. The predicted octanol–water partition coefficient (Wildman–Crippen LogP) is 4.31. The van der Waals surface area contributed by atoms with Crippen molar-refractivity contribution in [3.63, 3.8) is 0 Å². The number of nitrogens with zero attached hydrogens (tertiary/aromatic N) is 5. The van der Waals surface area contributed by atoms with Crippen LogP contribution in [-0.2, 0) is 24.2 Å². The first-order chi connectivity index (χ1) is 20.5. The largest absolute Gasteiger partial charge is 0.494 e. The van der Waals surface area contributed by atoms with Crippen molar-refractivity contribution in [1.29, 1.82) is 0 Å². The normalized spacial score (nSPS) is 15.8. The topological polar surface area (TPSA) is 117 Å². The van der Waals surface area contributed by atoms with Crippen molar-refractivity contribution < 1.29 is 18.9 Å². The van der Waals surface area contributed by atoms with Gasteiger partial charge in [0.15, 0.2) is 17.3 Å². The van der Waals surface area contributed by atoms with Gasteiger partial charge in [-0.15, -0.1) is 5.10 Å². The zero-order valence-electron chi connectivity index (χ0n) is 24.8. The van der Waals surface area contributed by atoms with Crippen molar-refractivity contribution in [2.45, 2.75) is 64.8 Å². The molecule has 2 atom stereocenters. The molecule has 1 aliphatic heterocycles. The van der Waals surface area contributed by atoms with E-state index in [9.17, 15) is 4.79 Å². The van der Waals surface area contributed by atoms with Gasteiger partial charge in [0, 0.05) is 36.2 Å². The van der Waals surface area contributed by atoms with Crippen molar-refractivity contribution in [3.8, 4) is 17.2 Å². The van der Waals surface area contributed by atoms with Crippen LogP contribution in [0.3, 0.4) is 0 Å². The highest BCUT2D eigenvalue weighted by atomic mass is 16.5. The lowest BCUT2D eigenvalue weighted by atomic mass is 10.1. The van der Waals surface area contributed by atoms with Gasteiger partial charge in [0.2, 0.25) is 0 Å². The fourth-order valence-electron chi connectivity index (χ4n) is 5.64. The van der Waals surface area contributed by atoms with Crippen LogP contribution in [0.15, 0.2) is 47.3 Å². The van der Waals surface area contributed by atoms with E-state index in [0.717, 1.165) is 60.3 Å². The summed E-state index contributed by atoms with van der Waals surface area (Å²) in [7, 11) is 3.27. The standard InChI is InChI=1S/C31H40N6O5/c1-5-27(30-33-34-35-37(30)20-25-8-7-15-42-25)36(14-13-21-9-12-28(39-3)29(16-21)40-4)19-23-17-22-18-24(41-6-2)10-11-26(22)32-31(23)38/h9-12,16-18,25,27H,5-8,13-15,19-20H2,1-4H3,(H,32,38)/t25-,27+/m1/s1. The number of benzene rings is 2.